The molecule has 0 aromatic heterocycles. The van der Waals surface area contributed by atoms with E-state index in [2.05, 4.69) is 142 Å². The smallest absolute Gasteiger partial charge is 0.238 e. The van der Waals surface area contributed by atoms with Crippen molar-refractivity contribution in [1.82, 2.24) is 9.80 Å². The van der Waals surface area contributed by atoms with Gasteiger partial charge >= 0.3 is 0 Å². The SMILES string of the molecule is O=C(CN1CCOCCOCCN(CC(=O)Nc2ccc3c4cccc5cccc(c6cccc2c63)c54)CCOCCOCC1)Nc1ccc2c3cccc4cccc(c5cccc1c52)c43. The lowest BCUT2D eigenvalue weighted by Gasteiger charge is -2.23. The van der Waals surface area contributed by atoms with Gasteiger partial charge in [0.15, 0.2) is 0 Å². The lowest BCUT2D eigenvalue weighted by atomic mass is 9.89. The molecule has 2 amide bonds. The van der Waals surface area contributed by atoms with Crippen LogP contribution < -0.4 is 10.6 Å². The number of hydrogen-bond acceptors (Lipinski definition) is 8. The molecule has 0 bridgehead atoms. The number of amides is 2. The molecule has 0 atom stereocenters. The first-order chi connectivity index (χ1) is 32.6. The molecule has 1 heterocycles. The molecule has 10 aromatic carbocycles. The Hall–Kier alpha value is -6.50. The maximum Gasteiger partial charge on any atom is 0.238 e. The average molecular weight is 877 g/mol. The summed E-state index contributed by atoms with van der Waals surface area (Å²) in [7, 11) is 0. The van der Waals surface area contributed by atoms with Gasteiger partial charge in [-0.1, -0.05) is 121 Å². The fourth-order valence-electron chi connectivity index (χ4n) is 10.3. The maximum atomic E-state index is 13.7. The Morgan fingerprint density at radius 1 is 0.348 bits per heavy atom. The third-order valence-corrected chi connectivity index (χ3v) is 13.3. The zero-order chi connectivity index (χ0) is 44.4. The van der Waals surface area contributed by atoms with Crippen LogP contribution in [-0.2, 0) is 28.5 Å². The molecule has 1 fully saturated rings. The van der Waals surface area contributed by atoms with Crippen LogP contribution in [0.3, 0.4) is 0 Å². The monoisotopic (exact) mass is 876 g/mol. The molecule has 2 N–H and O–H groups in total. The Kier molecular flexibility index (Phi) is 12.0. The first-order valence-electron chi connectivity index (χ1n) is 23.1. The molecule has 0 saturated carbocycles. The summed E-state index contributed by atoms with van der Waals surface area (Å²) in [5, 5.41) is 25.4. The van der Waals surface area contributed by atoms with E-state index >= 15 is 0 Å². The lowest BCUT2D eigenvalue weighted by molar-refractivity contribution is -0.118. The molecular weight excluding hydrogens is 825 g/mol. The second kappa shape index (κ2) is 18.8. The van der Waals surface area contributed by atoms with Gasteiger partial charge in [-0.05, 0) is 87.5 Å². The van der Waals surface area contributed by atoms with Gasteiger partial charge in [0.2, 0.25) is 11.8 Å². The van der Waals surface area contributed by atoms with Crippen molar-refractivity contribution in [3.8, 4) is 0 Å². The van der Waals surface area contributed by atoms with Crippen molar-refractivity contribution in [2.45, 2.75) is 0 Å². The minimum Gasteiger partial charge on any atom is -0.378 e. The fraction of sp³-hybridized carbons (Fsp3) is 0.250. The van der Waals surface area contributed by atoms with Crippen molar-refractivity contribution >= 4 is 109 Å². The van der Waals surface area contributed by atoms with Gasteiger partial charge in [0.05, 0.1) is 65.9 Å². The van der Waals surface area contributed by atoms with Crippen molar-refractivity contribution < 1.29 is 28.5 Å². The van der Waals surface area contributed by atoms with Crippen molar-refractivity contribution in [2.75, 3.05) is 103 Å². The van der Waals surface area contributed by atoms with Crippen molar-refractivity contribution in [2.24, 2.45) is 0 Å². The summed E-state index contributed by atoms with van der Waals surface area (Å²) in [5.74, 6) is -0.184. The molecule has 10 aromatic rings. The topological polar surface area (TPSA) is 102 Å². The zero-order valence-corrected chi connectivity index (χ0v) is 36.9. The normalized spacial score (nSPS) is 16.2. The first kappa shape index (κ1) is 42.2. The Bertz CT molecular complexity index is 3030. The number of carbonyl (C=O) groups excluding carboxylic acids is 2. The van der Waals surface area contributed by atoms with Gasteiger partial charge in [-0.25, -0.2) is 0 Å². The standard InChI is InChI=1S/C56H52N4O6/c61-51(57-49-21-19-45-41-13-3-9-37-7-1-11-39(53(37)41)43-15-5-17-47(49)55(43)45)35-59-23-27-63-31-33-65-29-25-60(26-30-66-34-32-64-28-24-59)36-52(62)58-50-22-20-46-42-14-4-10-38-8-2-12-40(54(38)42)44-16-6-18-48(50)56(44)46/h1-22H,23-36H2,(H,57,61)(H,58,62). The highest BCUT2D eigenvalue weighted by atomic mass is 16.5. The number of benzene rings is 10. The van der Waals surface area contributed by atoms with Crippen LogP contribution >= 0.6 is 0 Å². The molecule has 0 unspecified atom stereocenters. The van der Waals surface area contributed by atoms with Gasteiger partial charge in [0, 0.05) is 48.3 Å². The van der Waals surface area contributed by atoms with Crippen LogP contribution in [0.5, 0.6) is 0 Å². The number of nitrogens with one attached hydrogen (secondary N) is 2. The predicted molar refractivity (Wildman–Crippen MR) is 269 cm³/mol. The highest BCUT2D eigenvalue weighted by molar-refractivity contribution is 6.35. The van der Waals surface area contributed by atoms with Crippen LogP contribution in [0.15, 0.2) is 133 Å². The number of fused-ring (bicyclic) bond motifs is 4. The van der Waals surface area contributed by atoms with Gasteiger partial charge in [-0.3, -0.25) is 19.4 Å². The van der Waals surface area contributed by atoms with Gasteiger partial charge in [0.1, 0.15) is 0 Å². The molecule has 1 aliphatic rings. The van der Waals surface area contributed by atoms with E-state index in [0.29, 0.717) is 79.0 Å². The molecule has 10 nitrogen and oxygen atoms in total. The summed E-state index contributed by atoms with van der Waals surface area (Å²) in [6.45, 7) is 6.07. The summed E-state index contributed by atoms with van der Waals surface area (Å²) < 4.78 is 23.9. The zero-order valence-electron chi connectivity index (χ0n) is 36.9. The molecular formula is C56H52N4O6. The average Bonchev–Trinajstić information content (AvgIpc) is 3.34. The number of ether oxygens (including phenoxy) is 4. The van der Waals surface area contributed by atoms with Crippen molar-refractivity contribution in [3.63, 3.8) is 0 Å². The quantitative estimate of drug-likeness (QED) is 0.126. The largest absolute Gasteiger partial charge is 0.378 e. The van der Waals surface area contributed by atoms with Crippen molar-refractivity contribution in [3.05, 3.63) is 133 Å². The number of rotatable bonds is 6. The second-order valence-corrected chi connectivity index (χ2v) is 17.3. The Morgan fingerprint density at radius 3 is 0.985 bits per heavy atom. The first-order valence-corrected chi connectivity index (χ1v) is 23.1. The number of anilines is 2. The number of carbonyl (C=O) groups is 2. The number of nitrogens with zero attached hydrogens (tertiary/aromatic N) is 2. The highest BCUT2D eigenvalue weighted by Crippen LogP contribution is 2.43. The van der Waals surface area contributed by atoms with Gasteiger partial charge in [0.25, 0.3) is 0 Å². The van der Waals surface area contributed by atoms with Gasteiger partial charge in [-0.2, -0.15) is 0 Å². The van der Waals surface area contributed by atoms with E-state index in [1.54, 1.807) is 0 Å². The molecule has 11 rings (SSSR count). The Morgan fingerprint density at radius 2 is 0.636 bits per heavy atom. The van der Waals surface area contributed by atoms with Crippen LogP contribution in [0, 0.1) is 0 Å². The fourth-order valence-corrected chi connectivity index (χ4v) is 10.3. The molecule has 0 spiro atoms. The van der Waals surface area contributed by atoms with Crippen LogP contribution in [0.25, 0.3) is 86.2 Å². The lowest BCUT2D eigenvalue weighted by Crippen LogP contribution is -2.39. The molecule has 1 saturated heterocycles. The molecule has 332 valence electrons. The third kappa shape index (κ3) is 8.21. The van der Waals surface area contributed by atoms with E-state index in [4.69, 9.17) is 18.9 Å². The van der Waals surface area contributed by atoms with Crippen LogP contribution in [0.1, 0.15) is 0 Å². The van der Waals surface area contributed by atoms with E-state index in [1.807, 2.05) is 12.1 Å². The molecule has 1 aliphatic heterocycles. The maximum absolute atomic E-state index is 13.7. The van der Waals surface area contributed by atoms with Crippen LogP contribution in [0.2, 0.25) is 0 Å². The summed E-state index contributed by atoms with van der Waals surface area (Å²) in [6, 6.07) is 46.9. The van der Waals surface area contributed by atoms with Crippen molar-refractivity contribution in [1.29, 1.82) is 0 Å². The van der Waals surface area contributed by atoms with E-state index in [9.17, 15) is 9.59 Å². The van der Waals surface area contributed by atoms with Gasteiger partial charge in [-0.15, -0.1) is 0 Å². The molecule has 0 radical (unpaired) electrons. The summed E-state index contributed by atoms with van der Waals surface area (Å²) in [4.78, 5) is 31.5. The predicted octanol–water partition coefficient (Wildman–Crippen LogP) is 10.0. The second-order valence-electron chi connectivity index (χ2n) is 17.3. The number of hydrogen-bond donors (Lipinski definition) is 2. The molecule has 10 heteroatoms. The van der Waals surface area contributed by atoms with E-state index < -0.39 is 0 Å². The summed E-state index contributed by atoms with van der Waals surface area (Å²) >= 11 is 0. The van der Waals surface area contributed by atoms with Crippen LogP contribution in [0.4, 0.5) is 11.4 Å². The minimum absolute atomic E-state index is 0.0920. The molecule has 66 heavy (non-hydrogen) atoms. The molecule has 0 aliphatic carbocycles. The third-order valence-electron chi connectivity index (χ3n) is 13.3. The van der Waals surface area contributed by atoms with E-state index in [1.165, 1.54) is 64.6 Å². The van der Waals surface area contributed by atoms with E-state index in [-0.39, 0.29) is 24.9 Å². The van der Waals surface area contributed by atoms with Crippen LogP contribution in [-0.4, -0.2) is 114 Å². The van der Waals surface area contributed by atoms with E-state index in [0.717, 1.165) is 32.9 Å². The Labute approximate surface area is 382 Å². The van der Waals surface area contributed by atoms with Gasteiger partial charge < -0.3 is 29.6 Å². The highest BCUT2D eigenvalue weighted by Gasteiger charge is 2.19. The summed E-state index contributed by atoms with van der Waals surface area (Å²) in [6.07, 6.45) is 0. The summed E-state index contributed by atoms with van der Waals surface area (Å²) in [5.41, 5.74) is 1.60. The Balaban J connectivity index is 0.698. The minimum atomic E-state index is -0.0920.